The van der Waals surface area contributed by atoms with Crippen LogP contribution in [-0.2, 0) is 24.3 Å². The SMILES string of the molecule is COc1ccccc1CNc1nc(C2CCCN(C)C2)nc2c1CN(C(C)=O)CC2. The van der Waals surface area contributed by atoms with Gasteiger partial charge in [-0.15, -0.1) is 0 Å². The Morgan fingerprint density at radius 2 is 2.10 bits per heavy atom. The minimum atomic E-state index is 0.0920. The van der Waals surface area contributed by atoms with Gasteiger partial charge in [0.15, 0.2) is 0 Å². The molecule has 0 aliphatic carbocycles. The zero-order valence-electron chi connectivity index (χ0n) is 18.1. The number of hydrogen-bond donors (Lipinski definition) is 1. The highest BCUT2D eigenvalue weighted by Crippen LogP contribution is 2.30. The molecule has 2 aliphatic heterocycles. The normalized spacial score (nSPS) is 19.3. The highest BCUT2D eigenvalue weighted by Gasteiger charge is 2.27. The molecule has 4 rings (SSSR count). The number of hydrogen-bond acceptors (Lipinski definition) is 6. The molecule has 7 nitrogen and oxygen atoms in total. The highest BCUT2D eigenvalue weighted by molar-refractivity contribution is 5.74. The third-order valence-electron chi connectivity index (χ3n) is 6.15. The molecule has 2 aromatic rings. The van der Waals surface area contributed by atoms with Gasteiger partial charge in [-0.25, -0.2) is 9.97 Å². The van der Waals surface area contributed by atoms with Gasteiger partial charge in [-0.05, 0) is 32.5 Å². The first-order valence-electron chi connectivity index (χ1n) is 10.7. The maximum atomic E-state index is 12.0. The van der Waals surface area contributed by atoms with Crippen molar-refractivity contribution in [3.63, 3.8) is 0 Å². The number of aromatic nitrogens is 2. The zero-order valence-corrected chi connectivity index (χ0v) is 18.1. The van der Waals surface area contributed by atoms with Gasteiger partial charge in [0.25, 0.3) is 0 Å². The molecule has 30 heavy (non-hydrogen) atoms. The van der Waals surface area contributed by atoms with Gasteiger partial charge in [0.2, 0.25) is 5.91 Å². The number of anilines is 1. The van der Waals surface area contributed by atoms with E-state index < -0.39 is 0 Å². The number of fused-ring (bicyclic) bond motifs is 1. The maximum Gasteiger partial charge on any atom is 0.219 e. The summed E-state index contributed by atoms with van der Waals surface area (Å²) in [6.45, 7) is 5.63. The Kier molecular flexibility index (Phi) is 6.18. The Morgan fingerprint density at radius 1 is 1.27 bits per heavy atom. The van der Waals surface area contributed by atoms with E-state index in [2.05, 4.69) is 23.3 Å². The molecular formula is C23H31N5O2. The van der Waals surface area contributed by atoms with Crippen LogP contribution in [0.15, 0.2) is 24.3 Å². The first kappa shape index (κ1) is 20.6. The van der Waals surface area contributed by atoms with Crippen LogP contribution in [0, 0.1) is 0 Å². The average molecular weight is 410 g/mol. The molecule has 0 bridgehead atoms. The van der Waals surface area contributed by atoms with Crippen molar-refractivity contribution in [1.29, 1.82) is 0 Å². The van der Waals surface area contributed by atoms with Crippen LogP contribution >= 0.6 is 0 Å². The fourth-order valence-electron chi connectivity index (χ4n) is 4.44. The number of benzene rings is 1. The van der Waals surface area contributed by atoms with Crippen LogP contribution in [0.25, 0.3) is 0 Å². The lowest BCUT2D eigenvalue weighted by Crippen LogP contribution is -2.36. The van der Waals surface area contributed by atoms with Crippen LogP contribution in [0.4, 0.5) is 5.82 Å². The van der Waals surface area contributed by atoms with E-state index in [1.807, 2.05) is 23.1 Å². The van der Waals surface area contributed by atoms with Gasteiger partial charge in [0.05, 0.1) is 19.3 Å². The largest absolute Gasteiger partial charge is 0.496 e. The van der Waals surface area contributed by atoms with Crippen molar-refractivity contribution in [1.82, 2.24) is 19.8 Å². The van der Waals surface area contributed by atoms with Gasteiger partial charge in [-0.1, -0.05) is 18.2 Å². The Labute approximate surface area is 178 Å². The molecule has 0 radical (unpaired) electrons. The summed E-state index contributed by atoms with van der Waals surface area (Å²) in [7, 11) is 3.85. The number of carbonyl (C=O) groups is 1. The molecule has 0 saturated carbocycles. The van der Waals surface area contributed by atoms with Crippen molar-refractivity contribution >= 4 is 11.7 Å². The van der Waals surface area contributed by atoms with Crippen LogP contribution in [-0.4, -0.2) is 59.5 Å². The Balaban J connectivity index is 1.65. The Bertz CT molecular complexity index is 916. The standard InChI is InChI=1S/C23H31N5O2/c1-16(29)28-12-10-20-19(15-28)23(24-13-17-7-4-5-9-21(17)30-3)26-22(25-20)18-8-6-11-27(2)14-18/h4-5,7,9,18H,6,8,10-15H2,1-3H3,(H,24,25,26). The van der Waals surface area contributed by atoms with Crippen LogP contribution in [0.3, 0.4) is 0 Å². The second-order valence-corrected chi connectivity index (χ2v) is 8.31. The van der Waals surface area contributed by atoms with E-state index in [1.54, 1.807) is 14.0 Å². The molecule has 160 valence electrons. The molecule has 7 heteroatoms. The Hall–Kier alpha value is -2.67. The molecule has 1 amide bonds. The van der Waals surface area contributed by atoms with Crippen LogP contribution in [0.1, 0.15) is 48.3 Å². The number of piperidine rings is 1. The van der Waals surface area contributed by atoms with E-state index in [-0.39, 0.29) is 5.91 Å². The Morgan fingerprint density at radius 3 is 2.87 bits per heavy atom. The number of nitrogens with zero attached hydrogens (tertiary/aromatic N) is 4. The first-order chi connectivity index (χ1) is 14.5. The minimum Gasteiger partial charge on any atom is -0.496 e. The maximum absolute atomic E-state index is 12.0. The van der Waals surface area contributed by atoms with E-state index in [9.17, 15) is 4.79 Å². The van der Waals surface area contributed by atoms with Crippen molar-refractivity contribution in [2.45, 2.75) is 45.2 Å². The molecule has 1 N–H and O–H groups in total. The molecule has 1 aromatic heterocycles. The summed E-state index contributed by atoms with van der Waals surface area (Å²) in [5.41, 5.74) is 3.19. The molecule has 1 unspecified atom stereocenters. The van der Waals surface area contributed by atoms with E-state index in [4.69, 9.17) is 14.7 Å². The van der Waals surface area contributed by atoms with Crippen molar-refractivity contribution in [3.05, 3.63) is 46.9 Å². The number of ether oxygens (including phenoxy) is 1. The molecule has 2 aliphatic rings. The monoisotopic (exact) mass is 409 g/mol. The van der Waals surface area contributed by atoms with E-state index in [1.165, 1.54) is 6.42 Å². The summed E-state index contributed by atoms with van der Waals surface area (Å²) in [6.07, 6.45) is 3.06. The van der Waals surface area contributed by atoms with Crippen LogP contribution < -0.4 is 10.1 Å². The third kappa shape index (κ3) is 4.41. The van der Waals surface area contributed by atoms with Gasteiger partial charge < -0.3 is 19.9 Å². The number of amides is 1. The average Bonchev–Trinajstić information content (AvgIpc) is 2.77. The molecular weight excluding hydrogens is 378 g/mol. The summed E-state index contributed by atoms with van der Waals surface area (Å²) in [4.78, 5) is 26.2. The predicted molar refractivity (Wildman–Crippen MR) is 117 cm³/mol. The molecule has 1 atom stereocenters. The zero-order chi connectivity index (χ0) is 21.1. The summed E-state index contributed by atoms with van der Waals surface area (Å²) in [5.74, 6) is 3.08. The fraction of sp³-hybridized carbons (Fsp3) is 0.522. The van der Waals surface area contributed by atoms with Crippen molar-refractivity contribution < 1.29 is 9.53 Å². The molecule has 1 aromatic carbocycles. The van der Waals surface area contributed by atoms with Crippen LogP contribution in [0.2, 0.25) is 0 Å². The summed E-state index contributed by atoms with van der Waals surface area (Å²) in [6, 6.07) is 8.00. The van der Waals surface area contributed by atoms with Crippen LogP contribution in [0.5, 0.6) is 5.75 Å². The summed E-state index contributed by atoms with van der Waals surface area (Å²) in [5, 5.41) is 3.53. The quantitative estimate of drug-likeness (QED) is 0.819. The van der Waals surface area contributed by atoms with Crippen molar-refractivity contribution in [3.8, 4) is 5.75 Å². The van der Waals surface area contributed by atoms with Gasteiger partial charge in [0.1, 0.15) is 17.4 Å². The second kappa shape index (κ2) is 9.00. The minimum absolute atomic E-state index is 0.0920. The first-order valence-corrected chi connectivity index (χ1v) is 10.7. The number of carbonyl (C=O) groups excluding carboxylic acids is 1. The number of likely N-dealkylation sites (N-methyl/N-ethyl adjacent to an activating group) is 1. The predicted octanol–water partition coefficient (Wildman–Crippen LogP) is 2.81. The number of methoxy groups -OCH3 is 1. The highest BCUT2D eigenvalue weighted by atomic mass is 16.5. The van der Waals surface area contributed by atoms with E-state index >= 15 is 0 Å². The fourth-order valence-corrected chi connectivity index (χ4v) is 4.44. The van der Waals surface area contributed by atoms with Gasteiger partial charge >= 0.3 is 0 Å². The lowest BCUT2D eigenvalue weighted by Gasteiger charge is -2.32. The number of rotatable bonds is 5. The number of likely N-dealkylation sites (tertiary alicyclic amines) is 1. The smallest absolute Gasteiger partial charge is 0.219 e. The van der Waals surface area contributed by atoms with Gasteiger partial charge in [0, 0.05) is 50.0 Å². The third-order valence-corrected chi connectivity index (χ3v) is 6.15. The van der Waals surface area contributed by atoms with Gasteiger partial charge in [-0.3, -0.25) is 4.79 Å². The lowest BCUT2D eigenvalue weighted by atomic mass is 9.96. The molecule has 3 heterocycles. The van der Waals surface area contributed by atoms with Gasteiger partial charge in [-0.2, -0.15) is 0 Å². The van der Waals surface area contributed by atoms with Crippen molar-refractivity contribution in [2.24, 2.45) is 0 Å². The van der Waals surface area contributed by atoms with Crippen molar-refractivity contribution in [2.75, 3.05) is 39.1 Å². The van der Waals surface area contributed by atoms with E-state index in [0.29, 0.717) is 19.0 Å². The molecule has 0 spiro atoms. The molecule has 1 fully saturated rings. The second-order valence-electron chi connectivity index (χ2n) is 8.31. The van der Waals surface area contributed by atoms with E-state index in [0.717, 1.165) is 66.7 Å². The summed E-state index contributed by atoms with van der Waals surface area (Å²) < 4.78 is 5.49. The number of nitrogens with one attached hydrogen (secondary N) is 1. The topological polar surface area (TPSA) is 70.6 Å². The lowest BCUT2D eigenvalue weighted by molar-refractivity contribution is -0.129. The number of para-hydroxylation sites is 1. The molecule has 1 saturated heterocycles. The summed E-state index contributed by atoms with van der Waals surface area (Å²) >= 11 is 0.